The summed E-state index contributed by atoms with van der Waals surface area (Å²) in [6.07, 6.45) is 5.66. The summed E-state index contributed by atoms with van der Waals surface area (Å²) in [5.41, 5.74) is 3.07. The van der Waals surface area contributed by atoms with Crippen LogP contribution in [0.25, 0.3) is 6.08 Å². The molecule has 2 nitrogen and oxygen atoms in total. The second kappa shape index (κ2) is 7.60. The number of ether oxygens (including phenoxy) is 1. The molecular weight excluding hydrogens is 352 g/mol. The van der Waals surface area contributed by atoms with Gasteiger partial charge in [-0.25, -0.2) is 0 Å². The maximum atomic E-state index is 12.0. The van der Waals surface area contributed by atoms with E-state index in [0.29, 0.717) is 13.0 Å². The molecule has 0 heterocycles. The molecule has 3 rings (SSSR count). The monoisotopic (exact) mass is 370 g/mol. The highest BCUT2D eigenvalue weighted by atomic mass is 79.9. The fraction of sp³-hybridized carbons (Fsp3) is 0.250. The van der Waals surface area contributed by atoms with Crippen molar-refractivity contribution >= 4 is 27.8 Å². The molecule has 0 atom stereocenters. The standard InChI is InChI=1S/C20H19BrO2/c21-19-11-10-18(23-14-15-6-2-1-3-7-15)13-17(19)12-16-8-4-5-9-20(16)22/h1-3,6-7,10-13H,4-5,8-9,14H2/b16-12-. The van der Waals surface area contributed by atoms with E-state index in [2.05, 4.69) is 15.9 Å². The van der Waals surface area contributed by atoms with Crippen LogP contribution < -0.4 is 4.74 Å². The van der Waals surface area contributed by atoms with Crippen LogP contribution in [-0.4, -0.2) is 5.78 Å². The number of ketones is 1. The third-order valence-corrected chi connectivity index (χ3v) is 4.73. The number of carbonyl (C=O) groups is 1. The second-order valence-electron chi connectivity index (χ2n) is 5.76. The Bertz CT molecular complexity index is 720. The summed E-state index contributed by atoms with van der Waals surface area (Å²) >= 11 is 3.56. The summed E-state index contributed by atoms with van der Waals surface area (Å²) in [6.45, 7) is 0.539. The molecule has 118 valence electrons. The van der Waals surface area contributed by atoms with Crippen LogP contribution in [0.5, 0.6) is 5.75 Å². The van der Waals surface area contributed by atoms with Crippen molar-refractivity contribution in [1.82, 2.24) is 0 Å². The number of allylic oxidation sites excluding steroid dienone is 1. The Hall–Kier alpha value is -1.87. The molecular formula is C20H19BrO2. The van der Waals surface area contributed by atoms with E-state index in [-0.39, 0.29) is 5.78 Å². The van der Waals surface area contributed by atoms with Crippen LogP contribution >= 0.6 is 15.9 Å². The minimum Gasteiger partial charge on any atom is -0.489 e. The Morgan fingerprint density at radius 2 is 1.83 bits per heavy atom. The number of hydrogen-bond acceptors (Lipinski definition) is 2. The zero-order valence-electron chi connectivity index (χ0n) is 12.9. The molecule has 0 aromatic heterocycles. The maximum absolute atomic E-state index is 12.0. The molecule has 0 N–H and O–H groups in total. The largest absolute Gasteiger partial charge is 0.489 e. The Morgan fingerprint density at radius 3 is 2.61 bits per heavy atom. The molecule has 0 spiro atoms. The Labute approximate surface area is 145 Å². The summed E-state index contributed by atoms with van der Waals surface area (Å²) in [5.74, 6) is 1.09. The number of rotatable bonds is 4. The van der Waals surface area contributed by atoms with E-state index in [4.69, 9.17) is 4.74 Å². The third-order valence-electron chi connectivity index (χ3n) is 4.00. The Balaban J connectivity index is 1.76. The first-order chi connectivity index (χ1) is 11.2. The predicted molar refractivity (Wildman–Crippen MR) is 96.4 cm³/mol. The van der Waals surface area contributed by atoms with E-state index in [1.807, 2.05) is 54.6 Å². The van der Waals surface area contributed by atoms with Crippen LogP contribution in [0, 0.1) is 0 Å². The van der Waals surface area contributed by atoms with Crippen molar-refractivity contribution in [2.45, 2.75) is 32.3 Å². The summed E-state index contributed by atoms with van der Waals surface area (Å²) in [5, 5.41) is 0. The van der Waals surface area contributed by atoms with Crippen molar-refractivity contribution in [3.05, 3.63) is 69.7 Å². The summed E-state index contributed by atoms with van der Waals surface area (Å²) < 4.78 is 6.85. The first-order valence-corrected chi connectivity index (χ1v) is 8.72. The minimum absolute atomic E-state index is 0.277. The van der Waals surface area contributed by atoms with Crippen molar-refractivity contribution in [3.63, 3.8) is 0 Å². The highest BCUT2D eigenvalue weighted by Gasteiger charge is 2.15. The number of carbonyl (C=O) groups excluding carboxylic acids is 1. The van der Waals surface area contributed by atoms with E-state index < -0.39 is 0 Å². The van der Waals surface area contributed by atoms with Gasteiger partial charge >= 0.3 is 0 Å². The summed E-state index contributed by atoms with van der Waals surface area (Å²) in [6, 6.07) is 16.0. The molecule has 0 radical (unpaired) electrons. The van der Waals surface area contributed by atoms with Crippen molar-refractivity contribution in [2.75, 3.05) is 0 Å². The molecule has 3 heteroatoms. The smallest absolute Gasteiger partial charge is 0.158 e. The topological polar surface area (TPSA) is 26.3 Å². The van der Waals surface area contributed by atoms with E-state index >= 15 is 0 Å². The molecule has 0 amide bonds. The van der Waals surface area contributed by atoms with Gasteiger partial charge in [-0.1, -0.05) is 46.3 Å². The van der Waals surface area contributed by atoms with Crippen molar-refractivity contribution in [3.8, 4) is 5.75 Å². The van der Waals surface area contributed by atoms with Crippen LogP contribution in [-0.2, 0) is 11.4 Å². The lowest BCUT2D eigenvalue weighted by Gasteiger charge is -2.13. The molecule has 0 unspecified atom stereocenters. The molecule has 1 saturated carbocycles. The van der Waals surface area contributed by atoms with Gasteiger partial charge in [0.1, 0.15) is 12.4 Å². The Kier molecular flexibility index (Phi) is 5.29. The van der Waals surface area contributed by atoms with Crippen molar-refractivity contribution in [1.29, 1.82) is 0 Å². The highest BCUT2D eigenvalue weighted by molar-refractivity contribution is 9.10. The van der Waals surface area contributed by atoms with E-state index in [1.165, 1.54) is 0 Å². The van der Waals surface area contributed by atoms with Crippen LogP contribution in [0.2, 0.25) is 0 Å². The lowest BCUT2D eigenvalue weighted by atomic mass is 9.92. The fourth-order valence-corrected chi connectivity index (χ4v) is 3.07. The first kappa shape index (κ1) is 16.0. The first-order valence-electron chi connectivity index (χ1n) is 7.92. The molecule has 0 saturated heterocycles. The lowest BCUT2D eigenvalue weighted by Crippen LogP contribution is -2.08. The normalized spacial score (nSPS) is 16.6. The number of halogens is 1. The van der Waals surface area contributed by atoms with Gasteiger partial charge in [0.15, 0.2) is 5.78 Å². The van der Waals surface area contributed by atoms with Crippen LogP contribution in [0.15, 0.2) is 58.6 Å². The molecule has 2 aromatic rings. The highest BCUT2D eigenvalue weighted by Crippen LogP contribution is 2.28. The zero-order valence-corrected chi connectivity index (χ0v) is 14.5. The van der Waals surface area contributed by atoms with Crippen molar-refractivity contribution in [2.24, 2.45) is 0 Å². The summed E-state index contributed by atoms with van der Waals surface area (Å²) in [4.78, 5) is 12.0. The lowest BCUT2D eigenvalue weighted by molar-refractivity contribution is -0.116. The molecule has 2 aromatic carbocycles. The number of benzene rings is 2. The average Bonchev–Trinajstić information content (AvgIpc) is 2.58. The quantitative estimate of drug-likeness (QED) is 0.659. The van der Waals surface area contributed by atoms with Crippen LogP contribution in [0.3, 0.4) is 0 Å². The van der Waals surface area contributed by atoms with Crippen LogP contribution in [0.1, 0.15) is 36.8 Å². The minimum atomic E-state index is 0.277. The molecule has 23 heavy (non-hydrogen) atoms. The molecule has 0 bridgehead atoms. The number of hydrogen-bond donors (Lipinski definition) is 0. The Morgan fingerprint density at radius 1 is 1.04 bits per heavy atom. The van der Waals surface area contributed by atoms with Gasteiger partial charge in [-0.3, -0.25) is 4.79 Å². The molecule has 1 aliphatic rings. The second-order valence-corrected chi connectivity index (χ2v) is 6.61. The predicted octanol–water partition coefficient (Wildman–Crippen LogP) is 5.55. The van der Waals surface area contributed by atoms with E-state index in [9.17, 15) is 4.79 Å². The van der Waals surface area contributed by atoms with Crippen LogP contribution in [0.4, 0.5) is 0 Å². The van der Waals surface area contributed by atoms with Gasteiger partial charge in [-0.05, 0) is 60.2 Å². The van der Waals surface area contributed by atoms with Gasteiger partial charge in [0.2, 0.25) is 0 Å². The molecule has 1 aliphatic carbocycles. The third kappa shape index (κ3) is 4.32. The van der Waals surface area contributed by atoms with Crippen molar-refractivity contribution < 1.29 is 9.53 Å². The fourth-order valence-electron chi connectivity index (χ4n) is 2.70. The zero-order chi connectivity index (χ0) is 16.1. The number of Topliss-reactive ketones (excluding diaryl/α,β-unsaturated/α-hetero) is 1. The maximum Gasteiger partial charge on any atom is 0.158 e. The SMILES string of the molecule is O=C1CCCC/C1=C/c1cc(OCc2ccccc2)ccc1Br. The van der Waals surface area contributed by atoms with Gasteiger partial charge in [0, 0.05) is 10.9 Å². The van der Waals surface area contributed by atoms with Gasteiger partial charge in [-0.15, -0.1) is 0 Å². The van der Waals surface area contributed by atoms with E-state index in [0.717, 1.165) is 46.2 Å². The average molecular weight is 371 g/mol. The van der Waals surface area contributed by atoms with E-state index in [1.54, 1.807) is 0 Å². The molecule has 1 fully saturated rings. The molecule has 0 aliphatic heterocycles. The summed E-state index contributed by atoms with van der Waals surface area (Å²) in [7, 11) is 0. The van der Waals surface area contributed by atoms with Gasteiger partial charge in [-0.2, -0.15) is 0 Å². The van der Waals surface area contributed by atoms with Gasteiger partial charge in [0.05, 0.1) is 0 Å². The van der Waals surface area contributed by atoms with Gasteiger partial charge < -0.3 is 4.74 Å². The van der Waals surface area contributed by atoms with Gasteiger partial charge in [0.25, 0.3) is 0 Å².